The summed E-state index contributed by atoms with van der Waals surface area (Å²) in [5.74, 6) is 0.367. The smallest absolute Gasteiger partial charge is 0.265 e. The molecule has 1 unspecified atom stereocenters. The molecule has 0 radical (unpaired) electrons. The number of ether oxygens (including phenoxy) is 1. The second-order valence-corrected chi connectivity index (χ2v) is 5.78. The van der Waals surface area contributed by atoms with Crippen LogP contribution in [0.5, 0.6) is 5.75 Å². The Morgan fingerprint density at radius 2 is 1.83 bits per heavy atom. The molecule has 4 nitrogen and oxygen atoms in total. The van der Waals surface area contributed by atoms with Crippen molar-refractivity contribution in [3.8, 4) is 5.75 Å². The number of amides is 1. The zero-order chi connectivity index (χ0) is 17.5. The largest absolute Gasteiger partial charge is 0.481 e. The molecule has 0 saturated heterocycles. The molecule has 1 atom stereocenters. The minimum absolute atomic E-state index is 0.0393. The highest BCUT2D eigenvalue weighted by Gasteiger charge is 2.15. The molecule has 0 spiro atoms. The molecule has 0 aliphatic heterocycles. The highest BCUT2D eigenvalue weighted by atomic mass is 16.5. The molecule has 1 N–H and O–H groups in total. The van der Waals surface area contributed by atoms with Gasteiger partial charge >= 0.3 is 0 Å². The van der Waals surface area contributed by atoms with Crippen LogP contribution in [0.1, 0.15) is 43.1 Å². The summed E-state index contributed by atoms with van der Waals surface area (Å²) in [6.07, 6.45) is 1.49. The van der Waals surface area contributed by atoms with Gasteiger partial charge in [0.25, 0.3) is 5.91 Å². The lowest BCUT2D eigenvalue weighted by molar-refractivity contribution is -0.122. The summed E-state index contributed by atoms with van der Waals surface area (Å²) < 4.78 is 5.68. The second kappa shape index (κ2) is 8.29. The predicted octanol–water partition coefficient (Wildman–Crippen LogP) is 4.25. The van der Waals surface area contributed by atoms with Crippen LogP contribution in [0.25, 0.3) is 0 Å². The number of hydrogen-bond donors (Lipinski definition) is 1. The topological polar surface area (TPSA) is 55.4 Å². The summed E-state index contributed by atoms with van der Waals surface area (Å²) in [5, 5.41) is 2.77. The van der Waals surface area contributed by atoms with Crippen molar-refractivity contribution in [3.63, 3.8) is 0 Å². The van der Waals surface area contributed by atoms with E-state index < -0.39 is 6.10 Å². The van der Waals surface area contributed by atoms with Crippen molar-refractivity contribution in [3.05, 3.63) is 59.7 Å². The van der Waals surface area contributed by atoms with Gasteiger partial charge in [-0.2, -0.15) is 0 Å². The Morgan fingerprint density at radius 1 is 1.12 bits per heavy atom. The lowest BCUT2D eigenvalue weighted by Crippen LogP contribution is -2.30. The number of Topliss-reactive ketones (excluding diaryl/α,β-unsaturated/α-hetero) is 1. The van der Waals surface area contributed by atoms with E-state index in [2.05, 4.69) is 12.2 Å². The number of benzene rings is 2. The van der Waals surface area contributed by atoms with Gasteiger partial charge in [0.05, 0.1) is 0 Å². The maximum Gasteiger partial charge on any atom is 0.265 e. The van der Waals surface area contributed by atoms with E-state index in [0.29, 0.717) is 17.0 Å². The Labute approximate surface area is 142 Å². The van der Waals surface area contributed by atoms with Crippen LogP contribution in [0.3, 0.4) is 0 Å². The first-order valence-electron chi connectivity index (χ1n) is 8.17. The SMILES string of the molecule is CCCc1ccc(OC(C)C(=O)Nc2cccc(C(C)=O)c2)cc1. The highest BCUT2D eigenvalue weighted by molar-refractivity contribution is 5.98. The van der Waals surface area contributed by atoms with Gasteiger partial charge in [0.15, 0.2) is 11.9 Å². The summed E-state index contributed by atoms with van der Waals surface area (Å²) in [4.78, 5) is 23.6. The Bertz CT molecular complexity index is 707. The van der Waals surface area contributed by atoms with E-state index in [1.54, 1.807) is 31.2 Å². The van der Waals surface area contributed by atoms with Crippen LogP contribution in [-0.4, -0.2) is 17.8 Å². The standard InChI is InChI=1S/C20H23NO3/c1-4-6-16-9-11-19(12-10-16)24-15(3)20(23)21-18-8-5-7-17(13-18)14(2)22/h5,7-13,15H,4,6H2,1-3H3,(H,21,23). The fraction of sp³-hybridized carbons (Fsp3) is 0.300. The van der Waals surface area contributed by atoms with E-state index in [4.69, 9.17) is 4.74 Å². The molecule has 0 aliphatic carbocycles. The fourth-order valence-corrected chi connectivity index (χ4v) is 2.34. The molecule has 0 aliphatic rings. The third-order valence-electron chi connectivity index (χ3n) is 3.68. The number of anilines is 1. The summed E-state index contributed by atoms with van der Waals surface area (Å²) in [5.41, 5.74) is 2.40. The van der Waals surface area contributed by atoms with Crippen LogP contribution in [0.2, 0.25) is 0 Å². The van der Waals surface area contributed by atoms with Gasteiger partial charge in [-0.3, -0.25) is 9.59 Å². The van der Waals surface area contributed by atoms with Gasteiger partial charge in [-0.05, 0) is 50.1 Å². The van der Waals surface area contributed by atoms with Gasteiger partial charge in [0.2, 0.25) is 0 Å². The van der Waals surface area contributed by atoms with Crippen LogP contribution in [0.4, 0.5) is 5.69 Å². The van der Waals surface area contributed by atoms with E-state index in [9.17, 15) is 9.59 Å². The van der Waals surface area contributed by atoms with E-state index in [1.807, 2.05) is 24.3 Å². The predicted molar refractivity (Wildman–Crippen MR) is 95.6 cm³/mol. The molecule has 0 bridgehead atoms. The third-order valence-corrected chi connectivity index (χ3v) is 3.68. The zero-order valence-corrected chi connectivity index (χ0v) is 14.3. The van der Waals surface area contributed by atoms with Crippen molar-refractivity contribution >= 4 is 17.4 Å². The lowest BCUT2D eigenvalue weighted by atomic mass is 10.1. The number of aryl methyl sites for hydroxylation is 1. The Balaban J connectivity index is 1.96. The molecule has 2 rings (SSSR count). The number of hydrogen-bond acceptors (Lipinski definition) is 3. The molecule has 0 fully saturated rings. The van der Waals surface area contributed by atoms with Crippen LogP contribution >= 0.6 is 0 Å². The summed E-state index contributed by atoms with van der Waals surface area (Å²) in [6.45, 7) is 5.33. The molecule has 2 aromatic rings. The Morgan fingerprint density at radius 3 is 2.46 bits per heavy atom. The third kappa shape index (κ3) is 4.95. The minimum Gasteiger partial charge on any atom is -0.481 e. The first-order chi connectivity index (χ1) is 11.5. The molecule has 1 amide bonds. The Hall–Kier alpha value is -2.62. The molecule has 126 valence electrons. The first-order valence-corrected chi connectivity index (χ1v) is 8.17. The van der Waals surface area contributed by atoms with E-state index in [0.717, 1.165) is 12.8 Å². The van der Waals surface area contributed by atoms with Crippen LogP contribution in [-0.2, 0) is 11.2 Å². The average Bonchev–Trinajstić information content (AvgIpc) is 2.57. The number of carbonyl (C=O) groups excluding carboxylic acids is 2. The number of rotatable bonds is 7. The van der Waals surface area contributed by atoms with Gasteiger partial charge in [0, 0.05) is 11.3 Å². The van der Waals surface area contributed by atoms with Crippen LogP contribution in [0.15, 0.2) is 48.5 Å². The Kier molecular flexibility index (Phi) is 6.13. The fourth-order valence-electron chi connectivity index (χ4n) is 2.34. The van der Waals surface area contributed by atoms with Crippen molar-refractivity contribution in [2.24, 2.45) is 0 Å². The zero-order valence-electron chi connectivity index (χ0n) is 14.3. The number of ketones is 1. The number of nitrogens with one attached hydrogen (secondary N) is 1. The van der Waals surface area contributed by atoms with Crippen LogP contribution < -0.4 is 10.1 Å². The van der Waals surface area contributed by atoms with E-state index in [1.165, 1.54) is 12.5 Å². The molecule has 2 aromatic carbocycles. The lowest BCUT2D eigenvalue weighted by Gasteiger charge is -2.15. The van der Waals surface area contributed by atoms with Gasteiger partial charge < -0.3 is 10.1 Å². The van der Waals surface area contributed by atoms with Crippen molar-refractivity contribution in [2.45, 2.75) is 39.7 Å². The quantitative estimate of drug-likeness (QED) is 0.774. The van der Waals surface area contributed by atoms with Crippen molar-refractivity contribution in [1.29, 1.82) is 0 Å². The second-order valence-electron chi connectivity index (χ2n) is 5.78. The number of carbonyl (C=O) groups is 2. The molecular formula is C20H23NO3. The van der Waals surface area contributed by atoms with Gasteiger partial charge in [-0.25, -0.2) is 0 Å². The van der Waals surface area contributed by atoms with Gasteiger partial charge in [-0.15, -0.1) is 0 Å². The maximum atomic E-state index is 12.2. The molecular weight excluding hydrogens is 302 g/mol. The van der Waals surface area contributed by atoms with E-state index in [-0.39, 0.29) is 11.7 Å². The minimum atomic E-state index is -0.636. The average molecular weight is 325 g/mol. The van der Waals surface area contributed by atoms with Crippen molar-refractivity contribution in [1.82, 2.24) is 0 Å². The van der Waals surface area contributed by atoms with Crippen LogP contribution in [0, 0.1) is 0 Å². The highest BCUT2D eigenvalue weighted by Crippen LogP contribution is 2.16. The summed E-state index contributed by atoms with van der Waals surface area (Å²) >= 11 is 0. The van der Waals surface area contributed by atoms with Crippen molar-refractivity contribution in [2.75, 3.05) is 5.32 Å². The summed E-state index contributed by atoms with van der Waals surface area (Å²) in [7, 11) is 0. The molecule has 4 heteroatoms. The molecule has 24 heavy (non-hydrogen) atoms. The monoisotopic (exact) mass is 325 g/mol. The van der Waals surface area contributed by atoms with Gasteiger partial charge in [-0.1, -0.05) is 37.6 Å². The van der Waals surface area contributed by atoms with E-state index >= 15 is 0 Å². The van der Waals surface area contributed by atoms with Crippen molar-refractivity contribution < 1.29 is 14.3 Å². The normalized spacial score (nSPS) is 11.6. The summed E-state index contributed by atoms with van der Waals surface area (Å²) in [6, 6.07) is 14.7. The first kappa shape index (κ1) is 17.7. The molecule has 0 heterocycles. The molecule has 0 aromatic heterocycles. The maximum absolute atomic E-state index is 12.2. The molecule has 0 saturated carbocycles. The van der Waals surface area contributed by atoms with Gasteiger partial charge in [0.1, 0.15) is 5.75 Å².